The van der Waals surface area contributed by atoms with Gasteiger partial charge in [-0.15, -0.1) is 0 Å². The lowest BCUT2D eigenvalue weighted by Crippen LogP contribution is -2.13. The van der Waals surface area contributed by atoms with Crippen molar-refractivity contribution in [2.24, 2.45) is 5.92 Å². The molecule has 0 spiro atoms. The SMILES string of the molecule is [O]CC1CCC1. The summed E-state index contributed by atoms with van der Waals surface area (Å²) in [4.78, 5) is 0. The summed E-state index contributed by atoms with van der Waals surface area (Å²) in [6, 6.07) is 0. The van der Waals surface area contributed by atoms with E-state index in [-0.39, 0.29) is 6.61 Å². The molecule has 0 aromatic carbocycles. The molecule has 1 heteroatoms. The molecule has 0 N–H and O–H groups in total. The maximum Gasteiger partial charge on any atom is 0.0850 e. The fraction of sp³-hybridized carbons (Fsp3) is 1.00. The molecule has 0 bridgehead atoms. The van der Waals surface area contributed by atoms with Crippen molar-refractivity contribution in [3.8, 4) is 0 Å². The van der Waals surface area contributed by atoms with Gasteiger partial charge in [0, 0.05) is 0 Å². The van der Waals surface area contributed by atoms with Gasteiger partial charge in [0.05, 0.1) is 6.61 Å². The zero-order valence-corrected chi connectivity index (χ0v) is 3.81. The lowest BCUT2D eigenvalue weighted by molar-refractivity contribution is 0.101. The summed E-state index contributed by atoms with van der Waals surface area (Å²) < 4.78 is 0. The molecule has 1 aliphatic rings. The highest BCUT2D eigenvalue weighted by molar-refractivity contribution is 4.66. The van der Waals surface area contributed by atoms with E-state index in [9.17, 15) is 5.11 Å². The van der Waals surface area contributed by atoms with E-state index in [0.29, 0.717) is 5.92 Å². The van der Waals surface area contributed by atoms with E-state index in [1.165, 1.54) is 19.3 Å². The molecule has 0 amide bonds. The van der Waals surface area contributed by atoms with Crippen LogP contribution >= 0.6 is 0 Å². The second kappa shape index (κ2) is 1.61. The van der Waals surface area contributed by atoms with Gasteiger partial charge in [-0.25, -0.2) is 5.11 Å². The summed E-state index contributed by atoms with van der Waals surface area (Å²) in [7, 11) is 0. The number of hydrogen-bond donors (Lipinski definition) is 0. The first-order valence-corrected chi connectivity index (χ1v) is 2.51. The molecule has 0 aromatic rings. The van der Waals surface area contributed by atoms with Crippen LogP contribution in [0.15, 0.2) is 0 Å². The van der Waals surface area contributed by atoms with Crippen LogP contribution in [0.5, 0.6) is 0 Å². The standard InChI is InChI=1S/C5H9O/c6-4-5-2-1-3-5/h5H,1-4H2. The molecule has 0 atom stereocenters. The molecule has 0 aliphatic heterocycles. The lowest BCUT2D eigenvalue weighted by atomic mass is 9.86. The Bertz CT molecular complexity index is 36.4. The van der Waals surface area contributed by atoms with Crippen LogP contribution in [-0.4, -0.2) is 6.61 Å². The van der Waals surface area contributed by atoms with Crippen LogP contribution in [0.3, 0.4) is 0 Å². The third-order valence-electron chi connectivity index (χ3n) is 1.46. The maximum absolute atomic E-state index is 9.91. The molecule has 0 heterocycles. The Morgan fingerprint density at radius 1 is 1.50 bits per heavy atom. The Balaban J connectivity index is 2.01. The third kappa shape index (κ3) is 0.548. The van der Waals surface area contributed by atoms with Gasteiger partial charge in [0.25, 0.3) is 0 Å². The molecule has 35 valence electrons. The molecule has 6 heavy (non-hydrogen) atoms. The van der Waals surface area contributed by atoms with Crippen molar-refractivity contribution in [3.05, 3.63) is 0 Å². The highest BCUT2D eigenvalue weighted by Gasteiger charge is 2.15. The third-order valence-corrected chi connectivity index (χ3v) is 1.46. The normalized spacial score (nSPS) is 23.5. The maximum atomic E-state index is 9.91. The number of hydrogen-bond acceptors (Lipinski definition) is 0. The van der Waals surface area contributed by atoms with E-state index in [1.807, 2.05) is 0 Å². The highest BCUT2D eigenvalue weighted by atomic mass is 16.3. The van der Waals surface area contributed by atoms with Crippen LogP contribution in [0.2, 0.25) is 0 Å². The Hall–Kier alpha value is -0.0400. The fourth-order valence-corrected chi connectivity index (χ4v) is 0.659. The van der Waals surface area contributed by atoms with Crippen LogP contribution in [0.4, 0.5) is 0 Å². The van der Waals surface area contributed by atoms with Gasteiger partial charge in [-0.3, -0.25) is 0 Å². The molecule has 0 saturated heterocycles. The van der Waals surface area contributed by atoms with Crippen molar-refractivity contribution in [2.75, 3.05) is 6.61 Å². The van der Waals surface area contributed by atoms with Crippen molar-refractivity contribution in [2.45, 2.75) is 19.3 Å². The smallest absolute Gasteiger partial charge is 0.0850 e. The minimum Gasteiger partial charge on any atom is -0.236 e. The highest BCUT2D eigenvalue weighted by Crippen LogP contribution is 2.24. The average Bonchev–Trinajstić information content (AvgIpc) is 1.31. The molecule has 1 radical (unpaired) electrons. The van der Waals surface area contributed by atoms with Crippen molar-refractivity contribution < 1.29 is 5.11 Å². The van der Waals surface area contributed by atoms with Gasteiger partial charge in [-0.2, -0.15) is 0 Å². The molecular weight excluding hydrogens is 76.1 g/mol. The van der Waals surface area contributed by atoms with Gasteiger partial charge in [-0.05, 0) is 18.8 Å². The van der Waals surface area contributed by atoms with Crippen LogP contribution in [0, 0.1) is 5.92 Å². The van der Waals surface area contributed by atoms with E-state index >= 15 is 0 Å². The number of rotatable bonds is 1. The quantitative estimate of drug-likeness (QED) is 0.456. The minimum absolute atomic E-state index is 0.167. The molecule has 1 saturated carbocycles. The second-order valence-electron chi connectivity index (χ2n) is 1.96. The molecule has 0 aromatic heterocycles. The summed E-state index contributed by atoms with van der Waals surface area (Å²) >= 11 is 0. The Kier molecular flexibility index (Phi) is 1.10. The average molecular weight is 85.1 g/mol. The van der Waals surface area contributed by atoms with E-state index < -0.39 is 0 Å². The van der Waals surface area contributed by atoms with Crippen LogP contribution in [0.25, 0.3) is 0 Å². The Morgan fingerprint density at radius 3 is 2.17 bits per heavy atom. The first-order chi connectivity index (χ1) is 2.93. The molecule has 1 rings (SSSR count). The first kappa shape index (κ1) is 4.13. The van der Waals surface area contributed by atoms with Gasteiger partial charge >= 0.3 is 0 Å². The van der Waals surface area contributed by atoms with Crippen molar-refractivity contribution >= 4 is 0 Å². The van der Waals surface area contributed by atoms with Crippen LogP contribution < -0.4 is 0 Å². The van der Waals surface area contributed by atoms with Crippen LogP contribution in [-0.2, 0) is 5.11 Å². The van der Waals surface area contributed by atoms with Gasteiger partial charge in [-0.1, -0.05) is 6.42 Å². The Labute approximate surface area is 38.0 Å². The van der Waals surface area contributed by atoms with E-state index in [1.54, 1.807) is 0 Å². The van der Waals surface area contributed by atoms with Crippen molar-refractivity contribution in [3.63, 3.8) is 0 Å². The van der Waals surface area contributed by atoms with Gasteiger partial charge in [0.15, 0.2) is 0 Å². The van der Waals surface area contributed by atoms with Crippen molar-refractivity contribution in [1.29, 1.82) is 0 Å². The van der Waals surface area contributed by atoms with E-state index in [2.05, 4.69) is 0 Å². The summed E-state index contributed by atoms with van der Waals surface area (Å²) in [5.41, 5.74) is 0. The summed E-state index contributed by atoms with van der Waals surface area (Å²) in [6.45, 7) is 0.167. The van der Waals surface area contributed by atoms with Crippen LogP contribution in [0.1, 0.15) is 19.3 Å². The summed E-state index contributed by atoms with van der Waals surface area (Å²) in [5, 5.41) is 9.91. The fourth-order valence-electron chi connectivity index (χ4n) is 0.659. The minimum atomic E-state index is 0.167. The summed E-state index contributed by atoms with van der Waals surface area (Å²) in [5.74, 6) is 0.560. The van der Waals surface area contributed by atoms with Crippen molar-refractivity contribution in [1.82, 2.24) is 0 Å². The van der Waals surface area contributed by atoms with E-state index in [0.717, 1.165) is 0 Å². The molecule has 1 nitrogen and oxygen atoms in total. The predicted octanol–water partition coefficient (Wildman–Crippen LogP) is 1.22. The largest absolute Gasteiger partial charge is 0.236 e. The second-order valence-corrected chi connectivity index (χ2v) is 1.96. The zero-order chi connectivity index (χ0) is 4.41. The van der Waals surface area contributed by atoms with Gasteiger partial charge < -0.3 is 0 Å². The summed E-state index contributed by atoms with van der Waals surface area (Å²) in [6.07, 6.45) is 3.69. The molecular formula is C5H9O. The molecule has 1 aliphatic carbocycles. The first-order valence-electron chi connectivity index (χ1n) is 2.51. The predicted molar refractivity (Wildman–Crippen MR) is 22.9 cm³/mol. The topological polar surface area (TPSA) is 19.9 Å². The van der Waals surface area contributed by atoms with Gasteiger partial charge in [0.2, 0.25) is 0 Å². The zero-order valence-electron chi connectivity index (χ0n) is 3.81. The monoisotopic (exact) mass is 85.1 g/mol. The Morgan fingerprint density at radius 2 is 2.17 bits per heavy atom. The molecule has 0 unspecified atom stereocenters. The van der Waals surface area contributed by atoms with E-state index in [4.69, 9.17) is 0 Å². The van der Waals surface area contributed by atoms with Gasteiger partial charge in [0.1, 0.15) is 0 Å². The lowest BCUT2D eigenvalue weighted by Gasteiger charge is -2.20. The molecule has 1 fully saturated rings.